The Morgan fingerprint density at radius 1 is 1.50 bits per heavy atom. The second-order valence-electron chi connectivity index (χ2n) is 4.98. The van der Waals surface area contributed by atoms with Gasteiger partial charge >= 0.3 is 0 Å². The van der Waals surface area contributed by atoms with Gasteiger partial charge in [0.05, 0.1) is 25.4 Å². The van der Waals surface area contributed by atoms with Gasteiger partial charge in [-0.25, -0.2) is 0 Å². The van der Waals surface area contributed by atoms with Crippen LogP contribution in [0.2, 0.25) is 0 Å². The SMILES string of the molecule is CCOCC(=O)N1Cc2ccnn2[C@@H](C(=O)NCCOC)C1. The molecule has 2 amide bonds. The molecule has 0 saturated heterocycles. The lowest BCUT2D eigenvalue weighted by atomic mass is 10.1. The molecule has 0 aromatic carbocycles. The van der Waals surface area contributed by atoms with E-state index in [0.717, 1.165) is 5.69 Å². The molecule has 1 aliphatic rings. The number of nitrogens with one attached hydrogen (secondary N) is 1. The summed E-state index contributed by atoms with van der Waals surface area (Å²) in [6, 6.07) is 1.29. The van der Waals surface area contributed by atoms with Crippen LogP contribution in [0.1, 0.15) is 18.7 Å². The predicted octanol–water partition coefficient (Wildman–Crippen LogP) is -0.434. The van der Waals surface area contributed by atoms with Crippen molar-refractivity contribution in [2.45, 2.75) is 19.5 Å². The van der Waals surface area contributed by atoms with Gasteiger partial charge in [-0.2, -0.15) is 5.10 Å². The molecule has 8 heteroatoms. The molecule has 122 valence electrons. The molecule has 1 aliphatic heterocycles. The molecule has 0 saturated carbocycles. The van der Waals surface area contributed by atoms with Gasteiger partial charge in [-0.1, -0.05) is 0 Å². The maximum absolute atomic E-state index is 12.3. The Kier molecular flexibility index (Phi) is 5.91. The third-order valence-corrected chi connectivity index (χ3v) is 3.48. The third-order valence-electron chi connectivity index (χ3n) is 3.48. The van der Waals surface area contributed by atoms with Gasteiger partial charge in [0.25, 0.3) is 0 Å². The van der Waals surface area contributed by atoms with E-state index >= 15 is 0 Å². The second kappa shape index (κ2) is 7.90. The number of methoxy groups -OCH3 is 1. The van der Waals surface area contributed by atoms with E-state index in [2.05, 4.69) is 10.4 Å². The normalized spacial score (nSPS) is 17.2. The first-order valence-electron chi connectivity index (χ1n) is 7.32. The predicted molar refractivity (Wildman–Crippen MR) is 78.1 cm³/mol. The highest BCUT2D eigenvalue weighted by Crippen LogP contribution is 2.20. The molecule has 1 aromatic heterocycles. The van der Waals surface area contributed by atoms with Crippen molar-refractivity contribution in [3.8, 4) is 0 Å². The van der Waals surface area contributed by atoms with Gasteiger partial charge in [0.15, 0.2) is 0 Å². The molecule has 1 N–H and O–H groups in total. The largest absolute Gasteiger partial charge is 0.383 e. The summed E-state index contributed by atoms with van der Waals surface area (Å²) in [4.78, 5) is 26.1. The van der Waals surface area contributed by atoms with Gasteiger partial charge in [0.2, 0.25) is 11.8 Å². The van der Waals surface area contributed by atoms with Crippen LogP contribution < -0.4 is 5.32 Å². The number of carbonyl (C=O) groups is 2. The number of nitrogens with zero attached hydrogens (tertiary/aromatic N) is 3. The molecule has 0 spiro atoms. The number of rotatable bonds is 7. The van der Waals surface area contributed by atoms with Crippen LogP contribution in [0, 0.1) is 0 Å². The summed E-state index contributed by atoms with van der Waals surface area (Å²) < 4.78 is 11.8. The van der Waals surface area contributed by atoms with Crippen molar-refractivity contribution in [2.24, 2.45) is 0 Å². The Morgan fingerprint density at radius 2 is 2.32 bits per heavy atom. The first kappa shape index (κ1) is 16.4. The van der Waals surface area contributed by atoms with Crippen molar-refractivity contribution in [3.05, 3.63) is 18.0 Å². The van der Waals surface area contributed by atoms with Crippen molar-refractivity contribution in [3.63, 3.8) is 0 Å². The molecule has 0 bridgehead atoms. The standard InChI is InChI=1S/C14H22N4O4/c1-3-22-10-13(19)17-8-11-4-5-16-18(11)12(9-17)14(20)15-6-7-21-2/h4-5,12H,3,6-10H2,1-2H3,(H,15,20)/t12-/m1/s1. The zero-order chi connectivity index (χ0) is 15.9. The fraction of sp³-hybridized carbons (Fsp3) is 0.643. The van der Waals surface area contributed by atoms with Crippen LogP contribution in [0.15, 0.2) is 12.3 Å². The minimum Gasteiger partial charge on any atom is -0.383 e. The Morgan fingerprint density at radius 3 is 3.05 bits per heavy atom. The van der Waals surface area contributed by atoms with E-state index in [1.165, 1.54) is 0 Å². The average Bonchev–Trinajstić information content (AvgIpc) is 3.00. The summed E-state index contributed by atoms with van der Waals surface area (Å²) >= 11 is 0. The van der Waals surface area contributed by atoms with E-state index < -0.39 is 6.04 Å². The number of ether oxygens (including phenoxy) is 2. The topological polar surface area (TPSA) is 85.7 Å². The van der Waals surface area contributed by atoms with Crippen molar-refractivity contribution in [1.29, 1.82) is 0 Å². The molecule has 0 radical (unpaired) electrons. The lowest BCUT2D eigenvalue weighted by Gasteiger charge is -2.33. The van der Waals surface area contributed by atoms with E-state index in [1.807, 2.05) is 13.0 Å². The van der Waals surface area contributed by atoms with Crippen LogP contribution >= 0.6 is 0 Å². The van der Waals surface area contributed by atoms with Crippen molar-refractivity contribution in [1.82, 2.24) is 20.0 Å². The molecule has 1 atom stereocenters. The van der Waals surface area contributed by atoms with Crippen molar-refractivity contribution >= 4 is 11.8 Å². The van der Waals surface area contributed by atoms with Gasteiger partial charge in [0, 0.05) is 26.5 Å². The number of aromatic nitrogens is 2. The molecule has 0 aliphatic carbocycles. The zero-order valence-electron chi connectivity index (χ0n) is 12.9. The monoisotopic (exact) mass is 310 g/mol. The first-order valence-corrected chi connectivity index (χ1v) is 7.32. The average molecular weight is 310 g/mol. The summed E-state index contributed by atoms with van der Waals surface area (Å²) in [6.07, 6.45) is 1.64. The maximum Gasteiger partial charge on any atom is 0.249 e. The van der Waals surface area contributed by atoms with Gasteiger partial charge in [-0.05, 0) is 13.0 Å². The van der Waals surface area contributed by atoms with Crippen LogP contribution in [-0.2, 0) is 25.6 Å². The van der Waals surface area contributed by atoms with Crippen molar-refractivity contribution < 1.29 is 19.1 Å². The van der Waals surface area contributed by atoms with E-state index in [4.69, 9.17) is 9.47 Å². The molecule has 2 rings (SSSR count). The third kappa shape index (κ3) is 3.83. The van der Waals surface area contributed by atoms with E-state index in [0.29, 0.717) is 32.8 Å². The fourth-order valence-corrected chi connectivity index (χ4v) is 2.35. The quantitative estimate of drug-likeness (QED) is 0.691. The number of hydrogen-bond acceptors (Lipinski definition) is 5. The summed E-state index contributed by atoms with van der Waals surface area (Å²) in [7, 11) is 1.58. The molecule has 2 heterocycles. The van der Waals surface area contributed by atoms with Crippen molar-refractivity contribution in [2.75, 3.05) is 40.0 Å². The minimum absolute atomic E-state index is 0.0304. The second-order valence-corrected chi connectivity index (χ2v) is 4.98. The van der Waals surface area contributed by atoms with E-state index in [9.17, 15) is 9.59 Å². The summed E-state index contributed by atoms with van der Waals surface area (Å²) in [5.74, 6) is -0.292. The zero-order valence-corrected chi connectivity index (χ0v) is 12.9. The highest BCUT2D eigenvalue weighted by molar-refractivity contribution is 5.83. The molecular weight excluding hydrogens is 288 g/mol. The van der Waals surface area contributed by atoms with Crippen LogP contribution in [0.25, 0.3) is 0 Å². The summed E-state index contributed by atoms with van der Waals surface area (Å²) in [5.41, 5.74) is 0.836. The van der Waals surface area contributed by atoms with Crippen LogP contribution in [0.3, 0.4) is 0 Å². The lowest BCUT2D eigenvalue weighted by Crippen LogP contribution is -2.48. The maximum atomic E-state index is 12.3. The number of amides is 2. The van der Waals surface area contributed by atoms with Crippen LogP contribution in [0.4, 0.5) is 0 Å². The Bertz CT molecular complexity index is 517. The van der Waals surface area contributed by atoms with Gasteiger partial charge in [-0.15, -0.1) is 0 Å². The van der Waals surface area contributed by atoms with Crippen LogP contribution in [-0.4, -0.2) is 66.5 Å². The number of fused-ring (bicyclic) bond motifs is 1. The molecular formula is C14H22N4O4. The molecule has 0 fully saturated rings. The Labute approximate surface area is 129 Å². The molecule has 8 nitrogen and oxygen atoms in total. The first-order chi connectivity index (χ1) is 10.7. The minimum atomic E-state index is -0.527. The fourth-order valence-electron chi connectivity index (χ4n) is 2.35. The summed E-state index contributed by atoms with van der Waals surface area (Å²) in [6.45, 7) is 3.95. The summed E-state index contributed by atoms with van der Waals surface area (Å²) in [5, 5.41) is 6.99. The highest BCUT2D eigenvalue weighted by atomic mass is 16.5. The highest BCUT2D eigenvalue weighted by Gasteiger charge is 2.32. The van der Waals surface area contributed by atoms with E-state index in [-0.39, 0.29) is 18.4 Å². The van der Waals surface area contributed by atoms with Gasteiger partial charge in [0.1, 0.15) is 12.6 Å². The van der Waals surface area contributed by atoms with E-state index in [1.54, 1.807) is 22.9 Å². The number of hydrogen-bond donors (Lipinski definition) is 1. The number of carbonyl (C=O) groups excluding carboxylic acids is 2. The smallest absolute Gasteiger partial charge is 0.249 e. The molecule has 0 unspecified atom stereocenters. The molecule has 1 aromatic rings. The van der Waals surface area contributed by atoms with Crippen LogP contribution in [0.5, 0.6) is 0 Å². The van der Waals surface area contributed by atoms with Gasteiger partial charge in [-0.3, -0.25) is 14.3 Å². The Balaban J connectivity index is 2.05. The lowest BCUT2D eigenvalue weighted by molar-refractivity contribution is -0.139. The molecule has 22 heavy (non-hydrogen) atoms. The van der Waals surface area contributed by atoms with Gasteiger partial charge < -0.3 is 19.7 Å². The Hall–Kier alpha value is -1.93.